The molecule has 6 heteroatoms. The smallest absolute Gasteiger partial charge is 0.330 e. The molecule has 0 saturated heterocycles. The van der Waals surface area contributed by atoms with Crippen molar-refractivity contribution in [3.8, 4) is 0 Å². The molecule has 0 fully saturated rings. The summed E-state index contributed by atoms with van der Waals surface area (Å²) in [5.41, 5.74) is 5.43. The van der Waals surface area contributed by atoms with E-state index in [4.69, 9.17) is 5.73 Å². The van der Waals surface area contributed by atoms with Crippen molar-refractivity contribution in [1.29, 1.82) is 0 Å². The number of hydrogen-bond acceptors (Lipinski definition) is 2. The predicted octanol–water partition coefficient (Wildman–Crippen LogP) is 2.54. The molecule has 2 N–H and O–H groups in total. The van der Waals surface area contributed by atoms with Crippen molar-refractivity contribution in [2.75, 3.05) is 13.6 Å². The van der Waals surface area contributed by atoms with Crippen LogP contribution in [0.5, 0.6) is 0 Å². The second-order valence-corrected chi connectivity index (χ2v) is 4.14. The van der Waals surface area contributed by atoms with E-state index in [9.17, 15) is 17.6 Å². The lowest BCUT2D eigenvalue weighted by atomic mass is 10.1. The molecular weight excluding hydrogens is 248 g/mol. The highest BCUT2D eigenvalue weighted by molar-refractivity contribution is 5.17. The second-order valence-electron chi connectivity index (χ2n) is 4.14. The van der Waals surface area contributed by atoms with E-state index in [1.807, 2.05) is 0 Å². The van der Waals surface area contributed by atoms with Gasteiger partial charge in [0.25, 0.3) is 0 Å². The third kappa shape index (κ3) is 3.96. The SMILES string of the molecule is CN(Cc1ccccc1F)C(CCN)C(F)(F)F. The summed E-state index contributed by atoms with van der Waals surface area (Å²) < 4.78 is 51.7. The standard InChI is InChI=1S/C12H16F4N2/c1-18(11(6-7-17)12(14,15)16)8-9-4-2-3-5-10(9)13/h2-5,11H,6-8,17H2,1H3. The number of halogens is 4. The van der Waals surface area contributed by atoms with Crippen LogP contribution in [0.25, 0.3) is 0 Å². The first kappa shape index (κ1) is 14.9. The topological polar surface area (TPSA) is 29.3 Å². The van der Waals surface area contributed by atoms with Crippen LogP contribution in [0.2, 0.25) is 0 Å². The van der Waals surface area contributed by atoms with E-state index in [2.05, 4.69) is 0 Å². The second kappa shape index (κ2) is 6.15. The van der Waals surface area contributed by atoms with Gasteiger partial charge in [0.05, 0.1) is 0 Å². The number of benzene rings is 1. The molecule has 0 amide bonds. The van der Waals surface area contributed by atoms with Gasteiger partial charge in [0.15, 0.2) is 0 Å². The molecule has 1 rings (SSSR count). The van der Waals surface area contributed by atoms with Crippen molar-refractivity contribution in [2.24, 2.45) is 5.73 Å². The maximum Gasteiger partial charge on any atom is 0.404 e. The quantitative estimate of drug-likeness (QED) is 0.828. The van der Waals surface area contributed by atoms with E-state index < -0.39 is 18.0 Å². The van der Waals surface area contributed by atoms with E-state index in [0.717, 1.165) is 4.90 Å². The highest BCUT2D eigenvalue weighted by Crippen LogP contribution is 2.27. The summed E-state index contributed by atoms with van der Waals surface area (Å²) in [6, 6.07) is 4.15. The molecule has 1 unspecified atom stereocenters. The van der Waals surface area contributed by atoms with Crippen LogP contribution < -0.4 is 5.73 Å². The fourth-order valence-electron chi connectivity index (χ4n) is 1.80. The molecule has 0 aliphatic heterocycles. The molecular formula is C12H16F4N2. The molecule has 0 spiro atoms. The third-order valence-corrected chi connectivity index (χ3v) is 2.73. The minimum absolute atomic E-state index is 0.0637. The Balaban J connectivity index is 2.79. The summed E-state index contributed by atoms with van der Waals surface area (Å²) in [5.74, 6) is -0.502. The van der Waals surface area contributed by atoms with Crippen molar-refractivity contribution in [3.63, 3.8) is 0 Å². The zero-order valence-electron chi connectivity index (χ0n) is 10.0. The van der Waals surface area contributed by atoms with Gasteiger partial charge >= 0.3 is 6.18 Å². The average molecular weight is 264 g/mol. The van der Waals surface area contributed by atoms with Gasteiger partial charge in [-0.25, -0.2) is 4.39 Å². The Morgan fingerprint density at radius 3 is 2.39 bits per heavy atom. The van der Waals surface area contributed by atoms with Crippen molar-refractivity contribution in [2.45, 2.75) is 25.2 Å². The molecule has 0 heterocycles. The van der Waals surface area contributed by atoms with E-state index in [-0.39, 0.29) is 25.1 Å². The van der Waals surface area contributed by atoms with Crippen LogP contribution in [0.15, 0.2) is 24.3 Å². The van der Waals surface area contributed by atoms with Crippen LogP contribution >= 0.6 is 0 Å². The van der Waals surface area contributed by atoms with Gasteiger partial charge in [-0.15, -0.1) is 0 Å². The lowest BCUT2D eigenvalue weighted by molar-refractivity contribution is -0.182. The van der Waals surface area contributed by atoms with Gasteiger partial charge in [-0.3, -0.25) is 4.90 Å². The lowest BCUT2D eigenvalue weighted by Crippen LogP contribution is -2.44. The minimum atomic E-state index is -4.36. The highest BCUT2D eigenvalue weighted by atomic mass is 19.4. The van der Waals surface area contributed by atoms with E-state index in [1.54, 1.807) is 6.07 Å². The average Bonchev–Trinajstić information content (AvgIpc) is 2.27. The Bertz CT molecular complexity index is 379. The number of rotatable bonds is 5. The Labute approximate surface area is 103 Å². The molecule has 0 saturated carbocycles. The van der Waals surface area contributed by atoms with Crippen LogP contribution in [0.3, 0.4) is 0 Å². The molecule has 0 aromatic heterocycles. The molecule has 1 aromatic rings. The largest absolute Gasteiger partial charge is 0.404 e. The summed E-state index contributed by atoms with van der Waals surface area (Å²) in [6.45, 7) is -0.164. The lowest BCUT2D eigenvalue weighted by Gasteiger charge is -2.29. The summed E-state index contributed by atoms with van der Waals surface area (Å²) in [5, 5.41) is 0. The molecule has 102 valence electrons. The number of nitrogens with two attached hydrogens (primary N) is 1. The van der Waals surface area contributed by atoms with Crippen molar-refractivity contribution >= 4 is 0 Å². The van der Waals surface area contributed by atoms with Gasteiger partial charge in [0, 0.05) is 12.1 Å². The first-order valence-electron chi connectivity index (χ1n) is 5.56. The van der Waals surface area contributed by atoms with Gasteiger partial charge in [-0.2, -0.15) is 13.2 Å². The molecule has 1 atom stereocenters. The van der Waals surface area contributed by atoms with E-state index in [0.29, 0.717) is 0 Å². The first-order valence-corrected chi connectivity index (χ1v) is 5.56. The monoisotopic (exact) mass is 264 g/mol. The fourth-order valence-corrected chi connectivity index (χ4v) is 1.80. The van der Waals surface area contributed by atoms with Gasteiger partial charge < -0.3 is 5.73 Å². The molecule has 1 aromatic carbocycles. The van der Waals surface area contributed by atoms with Gasteiger partial charge in [-0.1, -0.05) is 18.2 Å². The fraction of sp³-hybridized carbons (Fsp3) is 0.500. The van der Waals surface area contributed by atoms with Crippen LogP contribution in [0, 0.1) is 5.82 Å². The zero-order chi connectivity index (χ0) is 13.8. The normalized spacial score (nSPS) is 13.9. The Hall–Kier alpha value is -1.14. The maximum atomic E-state index is 13.4. The van der Waals surface area contributed by atoms with Crippen LogP contribution in [-0.4, -0.2) is 30.7 Å². The number of nitrogens with zero attached hydrogens (tertiary/aromatic N) is 1. The summed E-state index contributed by atoms with van der Waals surface area (Å²) in [6.07, 6.45) is -4.56. The number of hydrogen-bond donors (Lipinski definition) is 1. The molecule has 2 nitrogen and oxygen atoms in total. The highest BCUT2D eigenvalue weighted by Gasteiger charge is 2.41. The predicted molar refractivity (Wildman–Crippen MR) is 61.4 cm³/mol. The van der Waals surface area contributed by atoms with Gasteiger partial charge in [0.2, 0.25) is 0 Å². The third-order valence-electron chi connectivity index (χ3n) is 2.73. The molecule has 18 heavy (non-hydrogen) atoms. The molecule has 0 aliphatic carbocycles. The summed E-state index contributed by atoms with van der Waals surface area (Å²) in [4.78, 5) is 1.07. The zero-order valence-corrected chi connectivity index (χ0v) is 10.0. The van der Waals surface area contributed by atoms with Crippen LogP contribution in [-0.2, 0) is 6.54 Å². The first-order chi connectivity index (χ1) is 8.36. The van der Waals surface area contributed by atoms with E-state index >= 15 is 0 Å². The van der Waals surface area contributed by atoms with Crippen molar-refractivity contribution in [3.05, 3.63) is 35.6 Å². The van der Waals surface area contributed by atoms with Crippen molar-refractivity contribution < 1.29 is 17.6 Å². The van der Waals surface area contributed by atoms with Crippen LogP contribution in [0.1, 0.15) is 12.0 Å². The Morgan fingerprint density at radius 1 is 1.28 bits per heavy atom. The Kier molecular flexibility index (Phi) is 5.10. The summed E-state index contributed by atoms with van der Waals surface area (Å²) in [7, 11) is 1.32. The number of alkyl halides is 3. The van der Waals surface area contributed by atoms with Gasteiger partial charge in [0.1, 0.15) is 11.9 Å². The van der Waals surface area contributed by atoms with Crippen molar-refractivity contribution in [1.82, 2.24) is 4.90 Å². The minimum Gasteiger partial charge on any atom is -0.330 e. The van der Waals surface area contributed by atoms with Gasteiger partial charge in [-0.05, 0) is 26.1 Å². The maximum absolute atomic E-state index is 13.4. The molecule has 0 aliphatic rings. The van der Waals surface area contributed by atoms with Crippen LogP contribution in [0.4, 0.5) is 17.6 Å². The molecule has 0 bridgehead atoms. The van der Waals surface area contributed by atoms with E-state index in [1.165, 1.54) is 25.2 Å². The Morgan fingerprint density at radius 2 is 1.89 bits per heavy atom. The molecule has 0 radical (unpaired) electrons. The summed E-state index contributed by atoms with van der Waals surface area (Å²) >= 11 is 0.